The highest BCUT2D eigenvalue weighted by Gasteiger charge is 2.09. The van der Waals surface area contributed by atoms with Gasteiger partial charge in [0.2, 0.25) is 0 Å². The van der Waals surface area contributed by atoms with E-state index >= 15 is 0 Å². The molecule has 58 valence electrons. The number of hydrogen-bond donors (Lipinski definition) is 0. The maximum atomic E-state index is 10.8. The summed E-state index contributed by atoms with van der Waals surface area (Å²) in [5, 5.41) is 0. The Morgan fingerprint density at radius 3 is 2.55 bits per heavy atom. The van der Waals surface area contributed by atoms with Gasteiger partial charge in [0, 0.05) is 0 Å². The van der Waals surface area contributed by atoms with Crippen molar-refractivity contribution in [2.75, 3.05) is 0 Å². The summed E-state index contributed by atoms with van der Waals surface area (Å²) in [6.07, 6.45) is 0.583. The summed E-state index contributed by atoms with van der Waals surface area (Å²) < 4.78 is 4.94. The molecule has 0 saturated carbocycles. The first-order valence-corrected chi connectivity index (χ1v) is 3.21. The maximum Gasteiger partial charge on any atom is 0.185 e. The molecule has 0 amide bonds. The minimum Gasteiger partial charge on any atom is -0.458 e. The fourth-order valence-corrected chi connectivity index (χ4v) is 0.913. The molecule has 0 radical (unpaired) electrons. The first-order chi connectivity index (χ1) is 5.15. The van der Waals surface area contributed by atoms with E-state index in [9.17, 15) is 9.59 Å². The van der Waals surface area contributed by atoms with Crippen molar-refractivity contribution in [3.8, 4) is 0 Å². The highest BCUT2D eigenvalue weighted by atomic mass is 16.3. The number of hydrogen-bond acceptors (Lipinski definition) is 3. The third-order valence-corrected chi connectivity index (χ3v) is 1.43. The molecule has 0 saturated heterocycles. The Kier molecular flexibility index (Phi) is 1.89. The third kappa shape index (κ3) is 1.37. The lowest BCUT2D eigenvalue weighted by molar-refractivity contribution is 0.101. The number of aryl methyl sites for hydroxylation is 1. The Labute approximate surface area is 64.0 Å². The van der Waals surface area contributed by atoms with E-state index < -0.39 is 0 Å². The van der Waals surface area contributed by atoms with Crippen LogP contribution in [0.4, 0.5) is 0 Å². The molecule has 1 rings (SSSR count). The van der Waals surface area contributed by atoms with Crippen LogP contribution in [0, 0.1) is 6.92 Å². The minimum absolute atomic E-state index is 0.0839. The van der Waals surface area contributed by atoms with Crippen molar-refractivity contribution in [1.82, 2.24) is 0 Å². The van der Waals surface area contributed by atoms with Crippen LogP contribution in [0.5, 0.6) is 0 Å². The minimum atomic E-state index is -0.0839. The number of furan rings is 1. The third-order valence-electron chi connectivity index (χ3n) is 1.43. The highest BCUT2D eigenvalue weighted by molar-refractivity contribution is 5.96. The van der Waals surface area contributed by atoms with Crippen LogP contribution in [-0.4, -0.2) is 12.1 Å². The van der Waals surface area contributed by atoms with Gasteiger partial charge in [-0.1, -0.05) is 0 Å². The van der Waals surface area contributed by atoms with Crippen LogP contribution >= 0.6 is 0 Å². The van der Waals surface area contributed by atoms with Gasteiger partial charge in [0.25, 0.3) is 0 Å². The maximum absolute atomic E-state index is 10.8. The predicted molar refractivity (Wildman–Crippen MR) is 38.8 cm³/mol. The smallest absolute Gasteiger partial charge is 0.185 e. The Morgan fingerprint density at radius 2 is 2.27 bits per heavy atom. The second-order valence-electron chi connectivity index (χ2n) is 2.29. The van der Waals surface area contributed by atoms with Crippen LogP contribution in [0.1, 0.15) is 33.6 Å². The molecule has 0 N–H and O–H groups in total. The average Bonchev–Trinajstić information content (AvgIpc) is 2.30. The van der Waals surface area contributed by atoms with Crippen molar-refractivity contribution in [2.24, 2.45) is 0 Å². The second kappa shape index (κ2) is 2.70. The van der Waals surface area contributed by atoms with E-state index in [-0.39, 0.29) is 11.5 Å². The predicted octanol–water partition coefficient (Wildman–Crippen LogP) is 1.60. The summed E-state index contributed by atoms with van der Waals surface area (Å²) >= 11 is 0. The Hall–Kier alpha value is -1.38. The van der Waals surface area contributed by atoms with Crippen molar-refractivity contribution in [1.29, 1.82) is 0 Å². The van der Waals surface area contributed by atoms with Crippen LogP contribution in [-0.2, 0) is 0 Å². The van der Waals surface area contributed by atoms with Gasteiger partial charge in [-0.15, -0.1) is 0 Å². The Morgan fingerprint density at radius 1 is 1.64 bits per heavy atom. The SMILES string of the molecule is CC(=O)c1cc(C=O)oc1C. The number of Topliss-reactive ketones (excluding diaryl/α,β-unsaturated/α-hetero) is 1. The molecule has 0 aromatic carbocycles. The van der Waals surface area contributed by atoms with Crippen LogP contribution in [0.15, 0.2) is 10.5 Å². The molecule has 0 atom stereocenters. The zero-order valence-corrected chi connectivity index (χ0v) is 6.38. The lowest BCUT2D eigenvalue weighted by atomic mass is 10.2. The first-order valence-electron chi connectivity index (χ1n) is 3.21. The normalized spacial score (nSPS) is 9.64. The summed E-state index contributed by atoms with van der Waals surface area (Å²) in [5.41, 5.74) is 0.479. The summed E-state index contributed by atoms with van der Waals surface area (Å²) in [5.74, 6) is 0.617. The standard InChI is InChI=1S/C8H8O3/c1-5(10)8-3-7(4-9)11-6(8)2/h3-4H,1-2H3. The molecule has 1 heterocycles. The van der Waals surface area contributed by atoms with E-state index in [0.29, 0.717) is 17.6 Å². The average molecular weight is 152 g/mol. The molecule has 0 spiro atoms. The van der Waals surface area contributed by atoms with E-state index in [1.807, 2.05) is 0 Å². The number of ketones is 1. The zero-order valence-electron chi connectivity index (χ0n) is 6.38. The molecule has 0 aliphatic carbocycles. The molecule has 0 bridgehead atoms. The van der Waals surface area contributed by atoms with Gasteiger partial charge < -0.3 is 4.42 Å². The molecule has 3 nitrogen and oxygen atoms in total. The van der Waals surface area contributed by atoms with Crippen LogP contribution in [0.25, 0.3) is 0 Å². The Bertz CT molecular complexity index is 296. The fourth-order valence-electron chi connectivity index (χ4n) is 0.913. The van der Waals surface area contributed by atoms with Crippen molar-refractivity contribution >= 4 is 12.1 Å². The van der Waals surface area contributed by atoms with Gasteiger partial charge in [0.05, 0.1) is 5.56 Å². The molecular formula is C8H8O3. The number of aldehydes is 1. The summed E-state index contributed by atoms with van der Waals surface area (Å²) in [7, 11) is 0. The fraction of sp³-hybridized carbons (Fsp3) is 0.250. The lowest BCUT2D eigenvalue weighted by Gasteiger charge is -1.86. The Balaban J connectivity index is 3.16. The largest absolute Gasteiger partial charge is 0.458 e. The van der Waals surface area contributed by atoms with Crippen LogP contribution in [0.2, 0.25) is 0 Å². The van der Waals surface area contributed by atoms with Crippen molar-refractivity contribution in [3.05, 3.63) is 23.2 Å². The first kappa shape index (κ1) is 7.72. The molecule has 1 aromatic rings. The second-order valence-corrected chi connectivity index (χ2v) is 2.29. The van der Waals surface area contributed by atoms with Crippen molar-refractivity contribution in [2.45, 2.75) is 13.8 Å². The van der Waals surface area contributed by atoms with Gasteiger partial charge in [-0.3, -0.25) is 9.59 Å². The monoisotopic (exact) mass is 152 g/mol. The van der Waals surface area contributed by atoms with Gasteiger partial charge in [-0.2, -0.15) is 0 Å². The van der Waals surface area contributed by atoms with Gasteiger partial charge in [0.15, 0.2) is 17.8 Å². The number of rotatable bonds is 2. The van der Waals surface area contributed by atoms with E-state index in [1.165, 1.54) is 13.0 Å². The summed E-state index contributed by atoms with van der Waals surface area (Å²) in [6.45, 7) is 3.09. The van der Waals surface area contributed by atoms with Crippen molar-refractivity contribution < 1.29 is 14.0 Å². The van der Waals surface area contributed by atoms with Gasteiger partial charge in [0.1, 0.15) is 5.76 Å². The van der Waals surface area contributed by atoms with E-state index in [4.69, 9.17) is 4.42 Å². The molecule has 0 aliphatic heterocycles. The number of carbonyl (C=O) groups is 2. The van der Waals surface area contributed by atoms with E-state index in [2.05, 4.69) is 0 Å². The molecule has 3 heteroatoms. The van der Waals surface area contributed by atoms with E-state index in [1.54, 1.807) is 6.92 Å². The van der Waals surface area contributed by atoms with Crippen LogP contribution < -0.4 is 0 Å². The van der Waals surface area contributed by atoms with Crippen LogP contribution in [0.3, 0.4) is 0 Å². The molecule has 0 fully saturated rings. The quantitative estimate of drug-likeness (QED) is 0.477. The molecule has 0 aliphatic rings. The van der Waals surface area contributed by atoms with Gasteiger partial charge in [-0.25, -0.2) is 0 Å². The molecule has 0 unspecified atom stereocenters. The highest BCUT2D eigenvalue weighted by Crippen LogP contribution is 2.12. The molecule has 1 aromatic heterocycles. The van der Waals surface area contributed by atoms with E-state index in [0.717, 1.165) is 0 Å². The zero-order chi connectivity index (χ0) is 8.43. The van der Waals surface area contributed by atoms with Gasteiger partial charge in [-0.05, 0) is 19.9 Å². The summed E-state index contributed by atoms with van der Waals surface area (Å²) in [4.78, 5) is 21.0. The lowest BCUT2D eigenvalue weighted by Crippen LogP contribution is -1.90. The number of carbonyl (C=O) groups excluding carboxylic acids is 2. The topological polar surface area (TPSA) is 47.3 Å². The van der Waals surface area contributed by atoms with Gasteiger partial charge >= 0.3 is 0 Å². The molecule has 11 heavy (non-hydrogen) atoms. The summed E-state index contributed by atoms with van der Waals surface area (Å²) in [6, 6.07) is 1.45. The molecular weight excluding hydrogens is 144 g/mol. The van der Waals surface area contributed by atoms with Crippen molar-refractivity contribution in [3.63, 3.8) is 0 Å².